The number of esters is 1. The van der Waals surface area contributed by atoms with Gasteiger partial charge in [0.25, 0.3) is 6.10 Å². The van der Waals surface area contributed by atoms with E-state index in [2.05, 4.69) is 16.1 Å². The predicted octanol–water partition coefficient (Wildman–Crippen LogP) is 3.78. The average Bonchev–Trinajstić information content (AvgIpc) is 2.42. The van der Waals surface area contributed by atoms with Crippen molar-refractivity contribution < 1.29 is 49.4 Å². The van der Waals surface area contributed by atoms with Gasteiger partial charge in [0.05, 0.1) is 0 Å². The fraction of sp³-hybridized carbons (Fsp3) is 0.750. The molecule has 0 saturated carbocycles. The molecule has 3 nitrogen and oxygen atoms in total. The topological polar surface area (TPSA) is 35.5 Å². The SMILES string of the molecule is C=C(C(=O)OC(C(F)(F)F)C(F)(F)C1CCCCO1)C(F)(F)F. The van der Waals surface area contributed by atoms with Crippen LogP contribution in [0.3, 0.4) is 0 Å². The fourth-order valence-corrected chi connectivity index (χ4v) is 1.87. The van der Waals surface area contributed by atoms with Crippen molar-refractivity contribution in [3.05, 3.63) is 12.2 Å². The summed E-state index contributed by atoms with van der Waals surface area (Å²) in [6.07, 6.45) is -17.4. The number of ether oxygens (including phenoxy) is 2. The molecule has 0 aromatic heterocycles. The molecule has 2 unspecified atom stereocenters. The summed E-state index contributed by atoms with van der Waals surface area (Å²) in [5, 5.41) is 0. The minimum atomic E-state index is -5.79. The van der Waals surface area contributed by atoms with Crippen LogP contribution in [0, 0.1) is 0 Å². The predicted molar refractivity (Wildman–Crippen MR) is 59.7 cm³/mol. The molecular formula is C12H12F8O3. The number of halogens is 8. The zero-order valence-electron chi connectivity index (χ0n) is 11.4. The van der Waals surface area contributed by atoms with Crippen LogP contribution in [0.1, 0.15) is 19.3 Å². The highest BCUT2D eigenvalue weighted by Crippen LogP contribution is 2.41. The standard InChI is InChI=1S/C12H12F8O3/c1-6(11(15,16)17)8(21)23-9(12(18,19)20)10(13,14)7-4-2-3-5-22-7/h7,9H,1-5H2. The Hall–Kier alpha value is -1.39. The minimum absolute atomic E-state index is 0.147. The lowest BCUT2D eigenvalue weighted by Crippen LogP contribution is -2.55. The summed E-state index contributed by atoms with van der Waals surface area (Å²) in [6, 6.07) is 0. The zero-order valence-corrected chi connectivity index (χ0v) is 11.4. The molecule has 134 valence electrons. The van der Waals surface area contributed by atoms with Crippen LogP contribution < -0.4 is 0 Å². The molecule has 1 aliphatic heterocycles. The third kappa shape index (κ3) is 4.79. The van der Waals surface area contributed by atoms with Gasteiger partial charge in [-0.05, 0) is 19.3 Å². The van der Waals surface area contributed by atoms with Crippen molar-refractivity contribution in [2.24, 2.45) is 0 Å². The van der Waals surface area contributed by atoms with E-state index in [-0.39, 0.29) is 13.0 Å². The molecule has 0 aliphatic carbocycles. The Labute approximate surface area is 125 Å². The quantitative estimate of drug-likeness (QED) is 0.437. The van der Waals surface area contributed by atoms with Crippen LogP contribution in [-0.4, -0.2) is 43.1 Å². The summed E-state index contributed by atoms with van der Waals surface area (Å²) in [5.41, 5.74) is -2.31. The lowest BCUT2D eigenvalue weighted by atomic mass is 9.98. The Bertz CT molecular complexity index is 448. The number of carbonyl (C=O) groups excluding carboxylic acids is 1. The largest absolute Gasteiger partial charge is 0.442 e. The van der Waals surface area contributed by atoms with Gasteiger partial charge in [-0.25, -0.2) is 4.79 Å². The highest BCUT2D eigenvalue weighted by molar-refractivity contribution is 5.89. The highest BCUT2D eigenvalue weighted by atomic mass is 19.4. The molecule has 23 heavy (non-hydrogen) atoms. The first-order valence-corrected chi connectivity index (χ1v) is 6.31. The van der Waals surface area contributed by atoms with Gasteiger partial charge in [0.15, 0.2) is 0 Å². The second-order valence-electron chi connectivity index (χ2n) is 4.83. The van der Waals surface area contributed by atoms with Crippen LogP contribution in [-0.2, 0) is 14.3 Å². The lowest BCUT2D eigenvalue weighted by Gasteiger charge is -2.35. The average molecular weight is 356 g/mol. The van der Waals surface area contributed by atoms with E-state index in [0.29, 0.717) is 6.42 Å². The Balaban J connectivity index is 3.01. The van der Waals surface area contributed by atoms with Gasteiger partial charge in [0.2, 0.25) is 0 Å². The maximum atomic E-state index is 14.0. The van der Waals surface area contributed by atoms with Gasteiger partial charge in [-0.1, -0.05) is 6.58 Å². The maximum Gasteiger partial charge on any atom is 0.431 e. The van der Waals surface area contributed by atoms with Crippen molar-refractivity contribution in [2.75, 3.05) is 6.61 Å². The molecule has 0 aromatic carbocycles. The molecule has 2 atom stereocenters. The normalized spacial score (nSPS) is 21.7. The molecule has 1 heterocycles. The maximum absolute atomic E-state index is 14.0. The molecule has 11 heteroatoms. The molecular weight excluding hydrogens is 344 g/mol. The first kappa shape index (κ1) is 19.7. The van der Waals surface area contributed by atoms with Gasteiger partial charge in [-0.15, -0.1) is 0 Å². The molecule has 0 spiro atoms. The van der Waals surface area contributed by atoms with E-state index in [4.69, 9.17) is 0 Å². The Morgan fingerprint density at radius 2 is 1.65 bits per heavy atom. The highest BCUT2D eigenvalue weighted by Gasteiger charge is 2.63. The van der Waals surface area contributed by atoms with Crippen molar-refractivity contribution in [1.29, 1.82) is 0 Å². The number of hydrogen-bond acceptors (Lipinski definition) is 3. The van der Waals surface area contributed by atoms with Crippen molar-refractivity contribution in [3.8, 4) is 0 Å². The van der Waals surface area contributed by atoms with Crippen molar-refractivity contribution in [3.63, 3.8) is 0 Å². The molecule has 1 aliphatic rings. The molecule has 0 N–H and O–H groups in total. The number of rotatable bonds is 4. The van der Waals surface area contributed by atoms with Crippen LogP contribution in [0.5, 0.6) is 0 Å². The Kier molecular flexibility index (Phi) is 5.65. The van der Waals surface area contributed by atoms with Gasteiger partial charge in [-0.3, -0.25) is 0 Å². The molecule has 0 radical (unpaired) electrons. The molecule has 1 saturated heterocycles. The van der Waals surface area contributed by atoms with Gasteiger partial charge in [-0.2, -0.15) is 35.1 Å². The third-order valence-corrected chi connectivity index (χ3v) is 3.07. The first-order chi connectivity index (χ1) is 10.3. The summed E-state index contributed by atoms with van der Waals surface area (Å²) in [6.45, 7) is 1.98. The van der Waals surface area contributed by atoms with E-state index in [0.717, 1.165) is 0 Å². The first-order valence-electron chi connectivity index (χ1n) is 6.31. The van der Waals surface area contributed by atoms with Crippen LogP contribution >= 0.6 is 0 Å². The lowest BCUT2D eigenvalue weighted by molar-refractivity contribution is -0.303. The molecule has 1 fully saturated rings. The van der Waals surface area contributed by atoms with E-state index < -0.39 is 48.4 Å². The Morgan fingerprint density at radius 3 is 2.04 bits per heavy atom. The van der Waals surface area contributed by atoms with Crippen LogP contribution in [0.25, 0.3) is 0 Å². The summed E-state index contributed by atoms with van der Waals surface area (Å²) in [5.74, 6) is -7.35. The molecule has 0 aromatic rings. The van der Waals surface area contributed by atoms with Crippen molar-refractivity contribution >= 4 is 5.97 Å². The second kappa shape index (κ2) is 6.62. The van der Waals surface area contributed by atoms with E-state index in [9.17, 15) is 39.9 Å². The zero-order chi connectivity index (χ0) is 18.1. The molecule has 0 amide bonds. The van der Waals surface area contributed by atoms with Crippen LogP contribution in [0.4, 0.5) is 35.1 Å². The van der Waals surface area contributed by atoms with Gasteiger partial charge >= 0.3 is 24.2 Å². The van der Waals surface area contributed by atoms with E-state index in [1.807, 2.05) is 0 Å². The van der Waals surface area contributed by atoms with Gasteiger partial charge in [0, 0.05) is 6.61 Å². The molecule has 1 rings (SSSR count). The fourth-order valence-electron chi connectivity index (χ4n) is 1.87. The second-order valence-corrected chi connectivity index (χ2v) is 4.83. The third-order valence-electron chi connectivity index (χ3n) is 3.07. The summed E-state index contributed by atoms with van der Waals surface area (Å²) in [4.78, 5) is 11.1. The minimum Gasteiger partial charge on any atom is -0.442 e. The Morgan fingerprint density at radius 1 is 1.09 bits per heavy atom. The van der Waals surface area contributed by atoms with E-state index in [1.54, 1.807) is 0 Å². The number of alkyl halides is 8. The van der Waals surface area contributed by atoms with Crippen molar-refractivity contribution in [1.82, 2.24) is 0 Å². The number of hydrogen-bond donors (Lipinski definition) is 0. The van der Waals surface area contributed by atoms with Crippen molar-refractivity contribution in [2.45, 2.75) is 49.7 Å². The number of carbonyl (C=O) groups is 1. The smallest absolute Gasteiger partial charge is 0.431 e. The van der Waals surface area contributed by atoms with Gasteiger partial charge in [0.1, 0.15) is 11.7 Å². The summed E-state index contributed by atoms with van der Waals surface area (Å²) >= 11 is 0. The van der Waals surface area contributed by atoms with Crippen LogP contribution in [0.2, 0.25) is 0 Å². The monoisotopic (exact) mass is 356 g/mol. The van der Waals surface area contributed by atoms with E-state index in [1.165, 1.54) is 0 Å². The van der Waals surface area contributed by atoms with Gasteiger partial charge < -0.3 is 9.47 Å². The summed E-state index contributed by atoms with van der Waals surface area (Å²) in [7, 11) is 0. The van der Waals surface area contributed by atoms with E-state index >= 15 is 0 Å². The summed E-state index contributed by atoms with van der Waals surface area (Å²) < 4.78 is 111. The molecule has 0 bridgehead atoms. The van der Waals surface area contributed by atoms with Crippen LogP contribution in [0.15, 0.2) is 12.2 Å².